The number of halogens is 2. The molecule has 1 saturated heterocycles. The lowest BCUT2D eigenvalue weighted by atomic mass is 10.2. The van der Waals surface area contributed by atoms with Crippen molar-refractivity contribution in [3.05, 3.63) is 63.9 Å². The highest BCUT2D eigenvalue weighted by molar-refractivity contribution is 6.30. The molecule has 1 aliphatic rings. The van der Waals surface area contributed by atoms with Crippen LogP contribution in [0.1, 0.15) is 15.9 Å². The molecule has 0 radical (unpaired) electrons. The van der Waals surface area contributed by atoms with E-state index in [1.165, 1.54) is 5.56 Å². The number of pyridine rings is 1. The standard InChI is InChI=1S/C17H17Cl2N3O/c18-15-3-1-2-13(10-15)12-21-6-8-22(9-7-21)17(23)14-4-5-20-16(19)11-14/h1-5,10-11H,6-9,12H2. The molecule has 1 aromatic carbocycles. The second-order valence-corrected chi connectivity index (χ2v) is 6.39. The Morgan fingerprint density at radius 3 is 2.57 bits per heavy atom. The second kappa shape index (κ2) is 7.30. The fraction of sp³-hybridized carbons (Fsp3) is 0.294. The molecule has 4 nitrogen and oxygen atoms in total. The largest absolute Gasteiger partial charge is 0.336 e. The molecule has 3 rings (SSSR count). The van der Waals surface area contributed by atoms with E-state index in [2.05, 4.69) is 16.0 Å². The van der Waals surface area contributed by atoms with Crippen LogP contribution in [0.25, 0.3) is 0 Å². The molecule has 1 aliphatic heterocycles. The van der Waals surface area contributed by atoms with Gasteiger partial charge in [-0.1, -0.05) is 35.3 Å². The van der Waals surface area contributed by atoms with E-state index in [9.17, 15) is 4.79 Å². The van der Waals surface area contributed by atoms with Crippen LogP contribution in [-0.4, -0.2) is 46.9 Å². The van der Waals surface area contributed by atoms with E-state index in [1.807, 2.05) is 23.1 Å². The maximum Gasteiger partial charge on any atom is 0.254 e. The van der Waals surface area contributed by atoms with Gasteiger partial charge in [0.15, 0.2) is 0 Å². The van der Waals surface area contributed by atoms with Gasteiger partial charge in [-0.05, 0) is 29.8 Å². The van der Waals surface area contributed by atoms with E-state index in [0.29, 0.717) is 23.8 Å². The third-order valence-electron chi connectivity index (χ3n) is 3.93. The molecule has 2 heterocycles. The van der Waals surface area contributed by atoms with E-state index in [-0.39, 0.29) is 5.91 Å². The number of carbonyl (C=O) groups excluding carboxylic acids is 1. The van der Waals surface area contributed by atoms with Crippen LogP contribution in [0.4, 0.5) is 0 Å². The number of carbonyl (C=O) groups is 1. The summed E-state index contributed by atoms with van der Waals surface area (Å²) in [5, 5.41) is 1.10. The predicted octanol–water partition coefficient (Wildman–Crippen LogP) is 3.35. The van der Waals surface area contributed by atoms with Crippen LogP contribution in [0.15, 0.2) is 42.6 Å². The lowest BCUT2D eigenvalue weighted by molar-refractivity contribution is 0.0628. The molecule has 1 fully saturated rings. The zero-order chi connectivity index (χ0) is 16.2. The topological polar surface area (TPSA) is 36.4 Å². The number of amides is 1. The molecule has 1 amide bonds. The summed E-state index contributed by atoms with van der Waals surface area (Å²) >= 11 is 11.9. The van der Waals surface area contributed by atoms with E-state index in [1.54, 1.807) is 18.3 Å². The number of rotatable bonds is 3. The highest BCUT2D eigenvalue weighted by Crippen LogP contribution is 2.15. The number of hydrogen-bond acceptors (Lipinski definition) is 3. The minimum Gasteiger partial charge on any atom is -0.336 e. The van der Waals surface area contributed by atoms with Crippen molar-refractivity contribution in [1.82, 2.24) is 14.8 Å². The van der Waals surface area contributed by atoms with Crippen molar-refractivity contribution in [1.29, 1.82) is 0 Å². The Bertz CT molecular complexity index is 700. The summed E-state index contributed by atoms with van der Waals surface area (Å²) in [5.74, 6) is 0.0108. The molecule has 6 heteroatoms. The normalized spacial score (nSPS) is 15.7. The zero-order valence-electron chi connectivity index (χ0n) is 12.6. The van der Waals surface area contributed by atoms with E-state index in [4.69, 9.17) is 23.2 Å². The summed E-state index contributed by atoms with van der Waals surface area (Å²) in [4.78, 5) is 20.6. The van der Waals surface area contributed by atoms with Gasteiger partial charge >= 0.3 is 0 Å². The van der Waals surface area contributed by atoms with Gasteiger partial charge in [-0.2, -0.15) is 0 Å². The lowest BCUT2D eigenvalue weighted by Gasteiger charge is -2.34. The van der Waals surface area contributed by atoms with Crippen molar-refractivity contribution in [2.75, 3.05) is 26.2 Å². The molecule has 1 aromatic heterocycles. The van der Waals surface area contributed by atoms with Gasteiger partial charge < -0.3 is 4.90 Å². The Kier molecular flexibility index (Phi) is 5.16. The molecule has 0 aliphatic carbocycles. The third-order valence-corrected chi connectivity index (χ3v) is 4.37. The first-order valence-electron chi connectivity index (χ1n) is 7.49. The van der Waals surface area contributed by atoms with Crippen molar-refractivity contribution in [2.24, 2.45) is 0 Å². The Morgan fingerprint density at radius 2 is 1.87 bits per heavy atom. The van der Waals surface area contributed by atoms with E-state index < -0.39 is 0 Å². The lowest BCUT2D eigenvalue weighted by Crippen LogP contribution is -2.48. The van der Waals surface area contributed by atoms with Crippen LogP contribution in [0.3, 0.4) is 0 Å². The monoisotopic (exact) mass is 349 g/mol. The third kappa shape index (κ3) is 4.22. The molecule has 0 bridgehead atoms. The quantitative estimate of drug-likeness (QED) is 0.797. The van der Waals surface area contributed by atoms with Gasteiger partial charge in [-0.3, -0.25) is 9.69 Å². The van der Waals surface area contributed by atoms with E-state index >= 15 is 0 Å². The van der Waals surface area contributed by atoms with Crippen molar-refractivity contribution in [3.8, 4) is 0 Å². The molecule has 120 valence electrons. The van der Waals surface area contributed by atoms with Gasteiger partial charge in [0.25, 0.3) is 5.91 Å². The average Bonchev–Trinajstić information content (AvgIpc) is 2.55. The molecule has 0 unspecified atom stereocenters. The Hall–Kier alpha value is -1.62. The van der Waals surface area contributed by atoms with Crippen molar-refractivity contribution in [3.63, 3.8) is 0 Å². The molecule has 0 atom stereocenters. The molecule has 0 spiro atoms. The van der Waals surface area contributed by atoms with Crippen LogP contribution in [-0.2, 0) is 6.54 Å². The predicted molar refractivity (Wildman–Crippen MR) is 91.9 cm³/mol. The Labute approximate surface area is 145 Å². The summed E-state index contributed by atoms with van der Waals surface area (Å²) in [6.07, 6.45) is 1.56. The highest BCUT2D eigenvalue weighted by Gasteiger charge is 2.22. The number of nitrogens with zero attached hydrogens (tertiary/aromatic N) is 3. The smallest absolute Gasteiger partial charge is 0.254 e. The van der Waals surface area contributed by atoms with Gasteiger partial charge in [0.05, 0.1) is 0 Å². The zero-order valence-corrected chi connectivity index (χ0v) is 14.1. The van der Waals surface area contributed by atoms with Gasteiger partial charge in [0.1, 0.15) is 5.15 Å². The summed E-state index contributed by atoms with van der Waals surface area (Å²) in [5.41, 5.74) is 1.78. The molecule has 0 saturated carbocycles. The molecular formula is C17H17Cl2N3O. The summed E-state index contributed by atoms with van der Waals surface area (Å²) in [6, 6.07) is 11.2. The fourth-order valence-corrected chi connectivity index (χ4v) is 3.11. The van der Waals surface area contributed by atoms with Crippen LogP contribution in [0, 0.1) is 0 Å². The molecular weight excluding hydrogens is 333 g/mol. The second-order valence-electron chi connectivity index (χ2n) is 5.57. The van der Waals surface area contributed by atoms with Gasteiger partial charge in [0, 0.05) is 49.5 Å². The van der Waals surface area contributed by atoms with Gasteiger partial charge in [-0.25, -0.2) is 4.98 Å². The van der Waals surface area contributed by atoms with Crippen LogP contribution in [0.5, 0.6) is 0 Å². The molecule has 23 heavy (non-hydrogen) atoms. The van der Waals surface area contributed by atoms with Crippen LogP contribution < -0.4 is 0 Å². The molecule has 2 aromatic rings. The van der Waals surface area contributed by atoms with Crippen LogP contribution in [0.2, 0.25) is 10.2 Å². The number of benzene rings is 1. The fourth-order valence-electron chi connectivity index (χ4n) is 2.72. The van der Waals surface area contributed by atoms with Crippen molar-refractivity contribution < 1.29 is 4.79 Å². The minimum atomic E-state index is 0.0108. The Morgan fingerprint density at radius 1 is 1.09 bits per heavy atom. The van der Waals surface area contributed by atoms with Crippen molar-refractivity contribution >= 4 is 29.1 Å². The van der Waals surface area contributed by atoms with Crippen LogP contribution >= 0.6 is 23.2 Å². The van der Waals surface area contributed by atoms with Gasteiger partial charge in [0.2, 0.25) is 0 Å². The Balaban J connectivity index is 1.57. The summed E-state index contributed by atoms with van der Waals surface area (Å²) in [7, 11) is 0. The maximum absolute atomic E-state index is 12.5. The first-order chi connectivity index (χ1) is 11.1. The SMILES string of the molecule is O=C(c1ccnc(Cl)c1)N1CCN(Cc2cccc(Cl)c2)CC1. The first-order valence-corrected chi connectivity index (χ1v) is 8.25. The average molecular weight is 350 g/mol. The first kappa shape index (κ1) is 16.2. The molecule has 0 N–H and O–H groups in total. The van der Waals surface area contributed by atoms with E-state index in [0.717, 1.165) is 24.7 Å². The number of aromatic nitrogens is 1. The summed E-state index contributed by atoms with van der Waals surface area (Å²) < 4.78 is 0. The highest BCUT2D eigenvalue weighted by atomic mass is 35.5. The summed E-state index contributed by atoms with van der Waals surface area (Å²) in [6.45, 7) is 3.95. The maximum atomic E-state index is 12.5. The number of piperazine rings is 1. The van der Waals surface area contributed by atoms with Gasteiger partial charge in [-0.15, -0.1) is 0 Å². The van der Waals surface area contributed by atoms with Crippen molar-refractivity contribution in [2.45, 2.75) is 6.54 Å². The number of hydrogen-bond donors (Lipinski definition) is 0. The minimum absolute atomic E-state index is 0.0108.